The van der Waals surface area contributed by atoms with E-state index in [1.807, 2.05) is 49.4 Å². The SMILES string of the molecule is Cc1ccc(O)c(C(=S)NCc2ccccc2)c1. The van der Waals surface area contributed by atoms with Crippen molar-refractivity contribution in [3.63, 3.8) is 0 Å². The third-order valence-corrected chi connectivity index (χ3v) is 3.06. The minimum absolute atomic E-state index is 0.214. The van der Waals surface area contributed by atoms with E-state index in [0.717, 1.165) is 11.1 Å². The maximum Gasteiger partial charge on any atom is 0.125 e. The first kappa shape index (κ1) is 12.6. The molecule has 0 bridgehead atoms. The summed E-state index contributed by atoms with van der Waals surface area (Å²) in [5.41, 5.74) is 2.92. The van der Waals surface area contributed by atoms with E-state index in [1.54, 1.807) is 6.07 Å². The highest BCUT2D eigenvalue weighted by atomic mass is 32.1. The number of aromatic hydroxyl groups is 1. The summed E-state index contributed by atoms with van der Waals surface area (Å²) in [7, 11) is 0. The van der Waals surface area contributed by atoms with Gasteiger partial charge in [0.2, 0.25) is 0 Å². The van der Waals surface area contributed by atoms with Crippen molar-refractivity contribution in [2.24, 2.45) is 0 Å². The van der Waals surface area contributed by atoms with E-state index in [-0.39, 0.29) is 5.75 Å². The van der Waals surface area contributed by atoms with E-state index in [1.165, 1.54) is 0 Å². The van der Waals surface area contributed by atoms with Gasteiger partial charge in [0.25, 0.3) is 0 Å². The fourth-order valence-electron chi connectivity index (χ4n) is 1.71. The van der Waals surface area contributed by atoms with Crippen molar-refractivity contribution in [1.29, 1.82) is 0 Å². The second-order valence-corrected chi connectivity index (χ2v) is 4.60. The van der Waals surface area contributed by atoms with Crippen LogP contribution >= 0.6 is 12.2 Å². The molecule has 2 aromatic carbocycles. The van der Waals surface area contributed by atoms with Crippen LogP contribution in [0, 0.1) is 6.92 Å². The minimum atomic E-state index is 0.214. The van der Waals surface area contributed by atoms with Crippen molar-refractivity contribution >= 4 is 17.2 Å². The van der Waals surface area contributed by atoms with Gasteiger partial charge in [-0.3, -0.25) is 0 Å². The number of aryl methyl sites for hydroxylation is 1. The molecule has 18 heavy (non-hydrogen) atoms. The van der Waals surface area contributed by atoms with Gasteiger partial charge in [-0.05, 0) is 24.6 Å². The molecule has 2 nitrogen and oxygen atoms in total. The maximum absolute atomic E-state index is 9.78. The zero-order valence-corrected chi connectivity index (χ0v) is 11.0. The van der Waals surface area contributed by atoms with Crippen LogP contribution in [0.5, 0.6) is 5.75 Å². The Hall–Kier alpha value is -1.87. The molecule has 0 amide bonds. The van der Waals surface area contributed by atoms with E-state index in [2.05, 4.69) is 5.32 Å². The van der Waals surface area contributed by atoms with Crippen LogP contribution in [-0.4, -0.2) is 10.1 Å². The Morgan fingerprint density at radius 1 is 1.17 bits per heavy atom. The first-order chi connectivity index (χ1) is 8.66. The number of phenolic OH excluding ortho intramolecular Hbond substituents is 1. The summed E-state index contributed by atoms with van der Waals surface area (Å²) in [5, 5.41) is 12.9. The topological polar surface area (TPSA) is 32.3 Å². The van der Waals surface area contributed by atoms with E-state index < -0.39 is 0 Å². The van der Waals surface area contributed by atoms with Crippen molar-refractivity contribution < 1.29 is 5.11 Å². The molecule has 2 N–H and O–H groups in total. The summed E-state index contributed by atoms with van der Waals surface area (Å²) in [5.74, 6) is 0.214. The van der Waals surface area contributed by atoms with Gasteiger partial charge in [0.15, 0.2) is 0 Å². The fraction of sp³-hybridized carbons (Fsp3) is 0.133. The van der Waals surface area contributed by atoms with Gasteiger partial charge in [-0.1, -0.05) is 54.2 Å². The number of thiocarbonyl (C=S) groups is 1. The Labute approximate surface area is 112 Å². The number of rotatable bonds is 3. The standard InChI is InChI=1S/C15H15NOS/c1-11-7-8-14(17)13(9-11)15(18)16-10-12-5-3-2-4-6-12/h2-9,17H,10H2,1H3,(H,16,18). The minimum Gasteiger partial charge on any atom is -0.507 e. The van der Waals surface area contributed by atoms with Gasteiger partial charge >= 0.3 is 0 Å². The Kier molecular flexibility index (Phi) is 3.95. The average Bonchev–Trinajstić information content (AvgIpc) is 2.40. The van der Waals surface area contributed by atoms with Crippen LogP contribution in [0.2, 0.25) is 0 Å². The zero-order valence-electron chi connectivity index (χ0n) is 10.2. The molecule has 0 saturated carbocycles. The third kappa shape index (κ3) is 3.08. The Balaban J connectivity index is 2.06. The van der Waals surface area contributed by atoms with Crippen LogP contribution in [0.15, 0.2) is 48.5 Å². The lowest BCUT2D eigenvalue weighted by Gasteiger charge is -2.10. The van der Waals surface area contributed by atoms with Gasteiger partial charge < -0.3 is 10.4 Å². The van der Waals surface area contributed by atoms with Crippen LogP contribution in [0.25, 0.3) is 0 Å². The highest BCUT2D eigenvalue weighted by Crippen LogP contribution is 2.18. The molecule has 0 atom stereocenters. The number of nitrogens with one attached hydrogen (secondary N) is 1. The Morgan fingerprint density at radius 3 is 2.61 bits per heavy atom. The predicted octanol–water partition coefficient (Wildman–Crippen LogP) is 3.17. The Morgan fingerprint density at radius 2 is 1.89 bits per heavy atom. The van der Waals surface area contributed by atoms with Crippen molar-refractivity contribution in [1.82, 2.24) is 5.32 Å². The molecule has 0 aromatic heterocycles. The highest BCUT2D eigenvalue weighted by Gasteiger charge is 2.06. The summed E-state index contributed by atoms with van der Waals surface area (Å²) < 4.78 is 0. The lowest BCUT2D eigenvalue weighted by Crippen LogP contribution is -2.21. The molecule has 0 saturated heterocycles. The van der Waals surface area contributed by atoms with Crippen molar-refractivity contribution in [3.8, 4) is 5.75 Å². The molecular weight excluding hydrogens is 242 g/mol. The number of hydrogen-bond donors (Lipinski definition) is 2. The summed E-state index contributed by atoms with van der Waals surface area (Å²) >= 11 is 5.30. The second-order valence-electron chi connectivity index (χ2n) is 4.19. The van der Waals surface area contributed by atoms with Crippen LogP contribution in [0.4, 0.5) is 0 Å². The molecule has 0 spiro atoms. The lowest BCUT2D eigenvalue weighted by molar-refractivity contribution is 0.474. The lowest BCUT2D eigenvalue weighted by atomic mass is 10.1. The normalized spacial score (nSPS) is 10.1. The highest BCUT2D eigenvalue weighted by molar-refractivity contribution is 7.80. The monoisotopic (exact) mass is 257 g/mol. The summed E-state index contributed by atoms with van der Waals surface area (Å²) in [6, 6.07) is 15.4. The van der Waals surface area contributed by atoms with E-state index in [9.17, 15) is 5.11 Å². The van der Waals surface area contributed by atoms with E-state index in [4.69, 9.17) is 12.2 Å². The first-order valence-electron chi connectivity index (χ1n) is 5.78. The summed E-state index contributed by atoms with van der Waals surface area (Å²) in [4.78, 5) is 0.569. The largest absolute Gasteiger partial charge is 0.507 e. The average molecular weight is 257 g/mol. The zero-order chi connectivity index (χ0) is 13.0. The second kappa shape index (κ2) is 5.65. The molecule has 92 valence electrons. The molecule has 0 heterocycles. The van der Waals surface area contributed by atoms with E-state index >= 15 is 0 Å². The van der Waals surface area contributed by atoms with E-state index in [0.29, 0.717) is 17.1 Å². The third-order valence-electron chi connectivity index (χ3n) is 2.69. The van der Waals surface area contributed by atoms with Gasteiger partial charge in [-0.2, -0.15) is 0 Å². The number of hydrogen-bond acceptors (Lipinski definition) is 2. The fourth-order valence-corrected chi connectivity index (χ4v) is 1.94. The molecule has 0 fully saturated rings. The Bertz CT molecular complexity index is 552. The summed E-state index contributed by atoms with van der Waals surface area (Å²) in [6.07, 6.45) is 0. The van der Waals surface area contributed by atoms with Crippen LogP contribution < -0.4 is 5.32 Å². The first-order valence-corrected chi connectivity index (χ1v) is 6.19. The molecule has 2 rings (SSSR count). The molecule has 3 heteroatoms. The smallest absolute Gasteiger partial charge is 0.125 e. The maximum atomic E-state index is 9.78. The summed E-state index contributed by atoms with van der Waals surface area (Å²) in [6.45, 7) is 2.63. The van der Waals surface area contributed by atoms with Gasteiger partial charge in [0.1, 0.15) is 10.7 Å². The quantitative estimate of drug-likeness (QED) is 0.828. The number of phenols is 1. The molecule has 0 aliphatic heterocycles. The van der Waals surface area contributed by atoms with Crippen LogP contribution in [0.1, 0.15) is 16.7 Å². The van der Waals surface area contributed by atoms with Gasteiger partial charge in [-0.25, -0.2) is 0 Å². The van der Waals surface area contributed by atoms with Crippen molar-refractivity contribution in [3.05, 3.63) is 65.2 Å². The van der Waals surface area contributed by atoms with Gasteiger partial charge in [-0.15, -0.1) is 0 Å². The molecule has 0 aliphatic rings. The van der Waals surface area contributed by atoms with Gasteiger partial charge in [0, 0.05) is 6.54 Å². The van der Waals surface area contributed by atoms with Crippen molar-refractivity contribution in [2.75, 3.05) is 0 Å². The predicted molar refractivity (Wildman–Crippen MR) is 77.8 cm³/mol. The molecule has 0 radical (unpaired) electrons. The molecule has 0 aliphatic carbocycles. The molecular formula is C15H15NOS. The van der Waals surface area contributed by atoms with Crippen LogP contribution in [-0.2, 0) is 6.54 Å². The molecule has 2 aromatic rings. The number of benzene rings is 2. The molecule has 0 unspecified atom stereocenters. The van der Waals surface area contributed by atoms with Gasteiger partial charge in [0.05, 0.1) is 5.56 Å². The van der Waals surface area contributed by atoms with Crippen LogP contribution in [0.3, 0.4) is 0 Å². The van der Waals surface area contributed by atoms with Crippen molar-refractivity contribution in [2.45, 2.75) is 13.5 Å².